The molecule has 1 aliphatic carbocycles. The van der Waals surface area contributed by atoms with E-state index in [0.29, 0.717) is 11.6 Å². The number of aryl methyl sites for hydroxylation is 1. The highest BCUT2D eigenvalue weighted by Crippen LogP contribution is 2.29. The molecule has 1 fully saturated rings. The summed E-state index contributed by atoms with van der Waals surface area (Å²) in [5.41, 5.74) is 1.68. The van der Waals surface area contributed by atoms with Crippen molar-refractivity contribution < 1.29 is 0 Å². The molecule has 1 aromatic rings. The fourth-order valence-electron chi connectivity index (χ4n) is 2.45. The van der Waals surface area contributed by atoms with Gasteiger partial charge in [0.2, 0.25) is 0 Å². The summed E-state index contributed by atoms with van der Waals surface area (Å²) in [6, 6.07) is 4.59. The summed E-state index contributed by atoms with van der Waals surface area (Å²) < 4.78 is 0. The topological polar surface area (TPSA) is 48.7 Å². The smallest absolute Gasteiger partial charge is 0.144 e. The minimum absolute atomic E-state index is 0.467. The highest BCUT2D eigenvalue weighted by atomic mass is 32.2. The minimum atomic E-state index is 0.467. The highest BCUT2D eigenvalue weighted by Gasteiger charge is 2.21. The number of aromatic nitrogens is 1. The van der Waals surface area contributed by atoms with E-state index in [-0.39, 0.29) is 0 Å². The van der Waals surface area contributed by atoms with Crippen molar-refractivity contribution >= 4 is 17.6 Å². The summed E-state index contributed by atoms with van der Waals surface area (Å²) in [5, 5.41) is 13.4. The van der Waals surface area contributed by atoms with Crippen LogP contribution in [0.25, 0.3) is 0 Å². The van der Waals surface area contributed by atoms with Gasteiger partial charge >= 0.3 is 0 Å². The van der Waals surface area contributed by atoms with Crippen LogP contribution >= 0.6 is 11.8 Å². The van der Waals surface area contributed by atoms with E-state index in [9.17, 15) is 5.26 Å². The Bertz CT molecular complexity index is 445. The van der Waals surface area contributed by atoms with Gasteiger partial charge in [0.25, 0.3) is 0 Å². The average Bonchev–Trinajstić information content (AvgIpc) is 2.40. The molecule has 1 N–H and O–H groups in total. The molecular formula is C14H19N3S. The van der Waals surface area contributed by atoms with E-state index in [1.54, 1.807) is 6.20 Å². The Morgan fingerprint density at radius 3 is 2.72 bits per heavy atom. The average molecular weight is 261 g/mol. The maximum absolute atomic E-state index is 9.18. The van der Waals surface area contributed by atoms with Crippen LogP contribution in [0.1, 0.15) is 36.8 Å². The molecule has 1 saturated carbocycles. The molecular weight excluding hydrogens is 242 g/mol. The van der Waals surface area contributed by atoms with Crippen LogP contribution in [0.4, 0.5) is 5.82 Å². The second-order valence-electron chi connectivity index (χ2n) is 4.82. The third-order valence-corrected chi connectivity index (χ3v) is 4.76. The summed E-state index contributed by atoms with van der Waals surface area (Å²) in [7, 11) is 0. The maximum Gasteiger partial charge on any atom is 0.144 e. The van der Waals surface area contributed by atoms with Crippen LogP contribution < -0.4 is 5.32 Å². The zero-order valence-corrected chi connectivity index (χ0v) is 11.8. The highest BCUT2D eigenvalue weighted by molar-refractivity contribution is 7.99. The molecule has 1 heterocycles. The predicted octanol–water partition coefficient (Wildman–Crippen LogP) is 3.35. The summed E-state index contributed by atoms with van der Waals surface area (Å²) in [5.74, 6) is 0.755. The minimum Gasteiger partial charge on any atom is -0.366 e. The van der Waals surface area contributed by atoms with Crippen molar-refractivity contribution in [2.24, 2.45) is 0 Å². The Balaban J connectivity index is 2.03. The van der Waals surface area contributed by atoms with Crippen LogP contribution in [0.15, 0.2) is 12.3 Å². The van der Waals surface area contributed by atoms with Gasteiger partial charge in [-0.25, -0.2) is 4.98 Å². The molecule has 2 rings (SSSR count). The van der Waals surface area contributed by atoms with Crippen molar-refractivity contribution in [2.45, 2.75) is 43.9 Å². The molecule has 3 nitrogen and oxygen atoms in total. The van der Waals surface area contributed by atoms with E-state index in [0.717, 1.165) is 16.6 Å². The van der Waals surface area contributed by atoms with Crippen LogP contribution in [0.3, 0.4) is 0 Å². The van der Waals surface area contributed by atoms with Gasteiger partial charge in [-0.1, -0.05) is 0 Å². The monoisotopic (exact) mass is 261 g/mol. The van der Waals surface area contributed by atoms with Crippen molar-refractivity contribution in [3.8, 4) is 6.07 Å². The first kappa shape index (κ1) is 13.2. The van der Waals surface area contributed by atoms with Gasteiger partial charge in [-0.15, -0.1) is 0 Å². The summed E-state index contributed by atoms with van der Waals surface area (Å²) in [6.45, 7) is 1.95. The van der Waals surface area contributed by atoms with E-state index in [2.05, 4.69) is 22.6 Å². The van der Waals surface area contributed by atoms with Crippen molar-refractivity contribution in [3.63, 3.8) is 0 Å². The molecule has 4 heteroatoms. The van der Waals surface area contributed by atoms with E-state index < -0.39 is 0 Å². The Kier molecular flexibility index (Phi) is 4.48. The van der Waals surface area contributed by atoms with E-state index >= 15 is 0 Å². The number of thioether (sulfide) groups is 1. The second-order valence-corrected chi connectivity index (χ2v) is 5.96. The fraction of sp³-hybridized carbons (Fsp3) is 0.571. The summed E-state index contributed by atoms with van der Waals surface area (Å²) in [6.07, 6.45) is 8.82. The quantitative estimate of drug-likeness (QED) is 0.906. The number of hydrogen-bond acceptors (Lipinski definition) is 4. The van der Waals surface area contributed by atoms with Crippen molar-refractivity contribution in [1.29, 1.82) is 5.26 Å². The lowest BCUT2D eigenvalue weighted by atomic mass is 9.95. The zero-order chi connectivity index (χ0) is 13.0. The molecule has 0 unspecified atom stereocenters. The van der Waals surface area contributed by atoms with Crippen LogP contribution in [-0.4, -0.2) is 22.5 Å². The van der Waals surface area contributed by atoms with Gasteiger partial charge in [-0.05, 0) is 50.5 Å². The SMILES string of the molecule is CSC1CCC(Nc2nccc(C)c2C#N)CC1. The first-order valence-corrected chi connectivity index (χ1v) is 7.68. The number of hydrogen-bond donors (Lipinski definition) is 1. The molecule has 0 saturated heterocycles. The Hall–Kier alpha value is -1.21. The van der Waals surface area contributed by atoms with Gasteiger partial charge in [-0.2, -0.15) is 17.0 Å². The number of nitrogens with one attached hydrogen (secondary N) is 1. The van der Waals surface area contributed by atoms with Crippen LogP contribution in [0.2, 0.25) is 0 Å². The third kappa shape index (κ3) is 2.97. The van der Waals surface area contributed by atoms with Gasteiger partial charge in [0.15, 0.2) is 0 Å². The van der Waals surface area contributed by atoms with Crippen molar-refractivity contribution in [1.82, 2.24) is 4.98 Å². The van der Waals surface area contributed by atoms with E-state index in [4.69, 9.17) is 0 Å². The Morgan fingerprint density at radius 1 is 1.39 bits per heavy atom. The molecule has 0 radical (unpaired) electrons. The largest absolute Gasteiger partial charge is 0.366 e. The number of anilines is 1. The Labute approximate surface area is 113 Å². The standard InChI is InChI=1S/C14H19N3S/c1-10-7-8-16-14(13(10)9-15)17-11-3-5-12(18-2)6-4-11/h7-8,11-12H,3-6H2,1-2H3,(H,16,17). The molecule has 0 bridgehead atoms. The number of nitriles is 1. The lowest BCUT2D eigenvalue weighted by molar-refractivity contribution is 0.472. The molecule has 96 valence electrons. The molecule has 1 aromatic heterocycles. The molecule has 0 aromatic carbocycles. The molecule has 0 atom stereocenters. The van der Waals surface area contributed by atoms with Gasteiger partial charge in [0.05, 0.1) is 5.56 Å². The first-order chi connectivity index (χ1) is 8.74. The fourth-order valence-corrected chi connectivity index (χ4v) is 3.19. The number of pyridine rings is 1. The first-order valence-electron chi connectivity index (χ1n) is 6.39. The summed E-state index contributed by atoms with van der Waals surface area (Å²) >= 11 is 1.97. The van der Waals surface area contributed by atoms with E-state index in [1.165, 1.54) is 25.7 Å². The van der Waals surface area contributed by atoms with Crippen molar-refractivity contribution in [3.05, 3.63) is 23.4 Å². The summed E-state index contributed by atoms with van der Waals surface area (Å²) in [4.78, 5) is 4.30. The normalized spacial score (nSPS) is 23.4. The predicted molar refractivity (Wildman–Crippen MR) is 76.9 cm³/mol. The molecule has 0 aliphatic heterocycles. The number of nitrogens with zero attached hydrogens (tertiary/aromatic N) is 2. The lowest BCUT2D eigenvalue weighted by Gasteiger charge is -2.28. The van der Waals surface area contributed by atoms with Crippen LogP contribution in [0.5, 0.6) is 0 Å². The van der Waals surface area contributed by atoms with Gasteiger partial charge in [0, 0.05) is 17.5 Å². The Morgan fingerprint density at radius 2 is 2.11 bits per heavy atom. The van der Waals surface area contributed by atoms with Gasteiger partial charge in [-0.3, -0.25) is 0 Å². The van der Waals surface area contributed by atoms with Gasteiger partial charge < -0.3 is 5.32 Å². The van der Waals surface area contributed by atoms with Crippen LogP contribution in [-0.2, 0) is 0 Å². The molecule has 1 aliphatic rings. The lowest BCUT2D eigenvalue weighted by Crippen LogP contribution is -2.27. The number of rotatable bonds is 3. The van der Waals surface area contributed by atoms with E-state index in [1.807, 2.05) is 24.8 Å². The third-order valence-electron chi connectivity index (χ3n) is 3.62. The maximum atomic E-state index is 9.18. The zero-order valence-electron chi connectivity index (χ0n) is 10.9. The second kappa shape index (κ2) is 6.10. The molecule has 18 heavy (non-hydrogen) atoms. The van der Waals surface area contributed by atoms with Crippen molar-refractivity contribution in [2.75, 3.05) is 11.6 Å². The molecule has 0 amide bonds. The molecule has 0 spiro atoms. The van der Waals surface area contributed by atoms with Crippen LogP contribution in [0, 0.1) is 18.3 Å². The van der Waals surface area contributed by atoms with Gasteiger partial charge in [0.1, 0.15) is 11.9 Å².